The van der Waals surface area contributed by atoms with Gasteiger partial charge in [-0.1, -0.05) is 40.2 Å². The van der Waals surface area contributed by atoms with Crippen LogP contribution in [0.25, 0.3) is 0 Å². The van der Waals surface area contributed by atoms with Crippen molar-refractivity contribution in [3.8, 4) is 5.75 Å². The van der Waals surface area contributed by atoms with Crippen LogP contribution in [-0.4, -0.2) is 17.0 Å². The van der Waals surface area contributed by atoms with Crippen LogP contribution in [0.15, 0.2) is 82.4 Å². The van der Waals surface area contributed by atoms with Gasteiger partial charge in [0.05, 0.1) is 16.7 Å². The number of hydrazone groups is 1. The van der Waals surface area contributed by atoms with Gasteiger partial charge in [-0.25, -0.2) is 5.43 Å². The number of halogens is 1. The summed E-state index contributed by atoms with van der Waals surface area (Å²) in [4.78, 5) is 22.7. The van der Waals surface area contributed by atoms with Gasteiger partial charge in [0.1, 0.15) is 12.4 Å². The van der Waals surface area contributed by atoms with Gasteiger partial charge in [0.25, 0.3) is 11.6 Å². The molecule has 3 rings (SSSR count). The van der Waals surface area contributed by atoms with Gasteiger partial charge in [0.15, 0.2) is 0 Å². The fraction of sp³-hybridized carbons (Fsp3) is 0.0476. The summed E-state index contributed by atoms with van der Waals surface area (Å²) in [7, 11) is 0. The Kier molecular flexibility index (Phi) is 6.70. The van der Waals surface area contributed by atoms with E-state index in [0.29, 0.717) is 23.5 Å². The monoisotopic (exact) mass is 453 g/mol. The smallest absolute Gasteiger partial charge is 0.275 e. The molecule has 1 amide bonds. The number of nitro benzene ring substituents is 1. The number of hydrogen-bond donors (Lipinski definition) is 1. The normalized spacial score (nSPS) is 10.7. The molecule has 0 aliphatic carbocycles. The predicted octanol–water partition coefficient (Wildman–Crippen LogP) is 4.70. The number of nitrogens with one attached hydrogen (secondary N) is 1. The van der Waals surface area contributed by atoms with Gasteiger partial charge in [0.2, 0.25) is 0 Å². The zero-order valence-corrected chi connectivity index (χ0v) is 16.7. The van der Waals surface area contributed by atoms with Crippen LogP contribution in [0.2, 0.25) is 0 Å². The lowest BCUT2D eigenvalue weighted by Crippen LogP contribution is -2.18. The third-order valence-electron chi connectivity index (χ3n) is 3.90. The predicted molar refractivity (Wildman–Crippen MR) is 113 cm³/mol. The fourth-order valence-corrected chi connectivity index (χ4v) is 2.92. The third kappa shape index (κ3) is 5.73. The maximum atomic E-state index is 12.5. The molecule has 0 aromatic heterocycles. The molecule has 0 atom stereocenters. The standard InChI is InChI=1S/C21H16BrN3O4/c22-17-5-3-4-16(12-17)14-29-20-7-2-1-6-19(20)21(26)24-23-13-15-8-10-18(11-9-15)25(27)28/h1-13H,14H2,(H,24,26)/b23-13-. The lowest BCUT2D eigenvalue weighted by Gasteiger charge is -2.10. The van der Waals surface area contributed by atoms with E-state index in [0.717, 1.165) is 10.0 Å². The number of carbonyl (C=O) groups excluding carboxylic acids is 1. The molecule has 0 aliphatic heterocycles. The van der Waals surface area contributed by atoms with Gasteiger partial charge in [-0.3, -0.25) is 14.9 Å². The molecular weight excluding hydrogens is 438 g/mol. The number of nitro groups is 1. The Morgan fingerprint density at radius 2 is 1.86 bits per heavy atom. The Hall–Kier alpha value is -3.52. The molecule has 146 valence electrons. The number of benzene rings is 3. The molecule has 0 unspecified atom stereocenters. The first kappa shape index (κ1) is 20.2. The maximum absolute atomic E-state index is 12.5. The molecule has 3 aromatic rings. The summed E-state index contributed by atoms with van der Waals surface area (Å²) in [5, 5.41) is 14.6. The van der Waals surface area contributed by atoms with E-state index in [1.165, 1.54) is 18.3 Å². The van der Waals surface area contributed by atoms with Crippen LogP contribution in [-0.2, 0) is 6.61 Å². The molecule has 0 saturated carbocycles. The van der Waals surface area contributed by atoms with E-state index in [-0.39, 0.29) is 5.69 Å². The molecular formula is C21H16BrN3O4. The first-order valence-corrected chi connectivity index (χ1v) is 9.36. The maximum Gasteiger partial charge on any atom is 0.275 e. The molecule has 7 nitrogen and oxygen atoms in total. The minimum atomic E-state index is -0.478. The van der Waals surface area contributed by atoms with Crippen LogP contribution >= 0.6 is 15.9 Å². The van der Waals surface area contributed by atoms with E-state index in [4.69, 9.17) is 4.74 Å². The number of nitrogens with zero attached hydrogens (tertiary/aromatic N) is 2. The second-order valence-electron chi connectivity index (χ2n) is 5.96. The molecule has 0 spiro atoms. The molecule has 0 saturated heterocycles. The minimum Gasteiger partial charge on any atom is -0.488 e. The number of non-ortho nitro benzene ring substituents is 1. The van der Waals surface area contributed by atoms with Crippen molar-refractivity contribution in [3.63, 3.8) is 0 Å². The van der Waals surface area contributed by atoms with E-state index < -0.39 is 10.8 Å². The van der Waals surface area contributed by atoms with Crippen molar-refractivity contribution in [2.24, 2.45) is 5.10 Å². The zero-order valence-electron chi connectivity index (χ0n) is 15.1. The van der Waals surface area contributed by atoms with Crippen LogP contribution in [0.4, 0.5) is 5.69 Å². The summed E-state index contributed by atoms with van der Waals surface area (Å²) in [6.45, 7) is 0.315. The van der Waals surface area contributed by atoms with Crippen LogP contribution in [0.3, 0.4) is 0 Å². The summed E-state index contributed by atoms with van der Waals surface area (Å²) < 4.78 is 6.75. The Morgan fingerprint density at radius 3 is 2.59 bits per heavy atom. The molecule has 3 aromatic carbocycles. The summed E-state index contributed by atoms with van der Waals surface area (Å²) >= 11 is 3.42. The average molecular weight is 454 g/mol. The van der Waals surface area contributed by atoms with Crippen molar-refractivity contribution in [1.29, 1.82) is 0 Å². The van der Waals surface area contributed by atoms with Crippen LogP contribution in [0.1, 0.15) is 21.5 Å². The van der Waals surface area contributed by atoms with Crippen LogP contribution in [0.5, 0.6) is 5.75 Å². The molecule has 0 bridgehead atoms. The SMILES string of the molecule is O=C(N/N=C\c1ccc([N+](=O)[O-])cc1)c1ccccc1OCc1cccc(Br)c1. The average Bonchev–Trinajstić information content (AvgIpc) is 2.73. The number of para-hydroxylation sites is 1. The highest BCUT2D eigenvalue weighted by molar-refractivity contribution is 9.10. The molecule has 0 heterocycles. The molecule has 0 fully saturated rings. The number of rotatable bonds is 7. The highest BCUT2D eigenvalue weighted by Gasteiger charge is 2.11. The molecule has 8 heteroatoms. The summed E-state index contributed by atoms with van der Waals surface area (Å²) in [5.41, 5.74) is 4.36. The molecule has 1 N–H and O–H groups in total. The Labute approximate surface area is 175 Å². The van der Waals surface area contributed by atoms with Crippen molar-refractivity contribution in [2.45, 2.75) is 6.61 Å². The Bertz CT molecular complexity index is 1050. The Balaban J connectivity index is 1.64. The minimum absolute atomic E-state index is 0.0114. The Morgan fingerprint density at radius 1 is 1.10 bits per heavy atom. The molecule has 0 aliphatic rings. The van der Waals surface area contributed by atoms with Crippen LogP contribution < -0.4 is 10.2 Å². The largest absolute Gasteiger partial charge is 0.488 e. The first-order chi connectivity index (χ1) is 14.0. The van der Waals surface area contributed by atoms with E-state index >= 15 is 0 Å². The van der Waals surface area contributed by atoms with E-state index in [1.807, 2.05) is 24.3 Å². The van der Waals surface area contributed by atoms with Gasteiger partial charge in [-0.15, -0.1) is 0 Å². The van der Waals surface area contributed by atoms with Crippen molar-refractivity contribution < 1.29 is 14.5 Å². The second-order valence-corrected chi connectivity index (χ2v) is 6.88. The summed E-state index contributed by atoms with van der Waals surface area (Å²) in [6, 6.07) is 20.4. The van der Waals surface area contributed by atoms with Crippen molar-refractivity contribution >= 4 is 33.7 Å². The number of carbonyl (C=O) groups is 1. The molecule has 0 radical (unpaired) electrons. The van der Waals surface area contributed by atoms with Crippen molar-refractivity contribution in [1.82, 2.24) is 5.43 Å². The van der Waals surface area contributed by atoms with Gasteiger partial charge in [-0.2, -0.15) is 5.10 Å². The number of amides is 1. The topological polar surface area (TPSA) is 93.8 Å². The van der Waals surface area contributed by atoms with Crippen molar-refractivity contribution in [3.05, 3.63) is 104 Å². The lowest BCUT2D eigenvalue weighted by atomic mass is 10.2. The van der Waals surface area contributed by atoms with Crippen LogP contribution in [0, 0.1) is 10.1 Å². The highest BCUT2D eigenvalue weighted by Crippen LogP contribution is 2.20. The first-order valence-electron chi connectivity index (χ1n) is 8.57. The zero-order chi connectivity index (χ0) is 20.6. The second kappa shape index (κ2) is 9.61. The van der Waals surface area contributed by atoms with Gasteiger partial charge in [-0.05, 0) is 47.5 Å². The number of hydrogen-bond acceptors (Lipinski definition) is 5. The van der Waals surface area contributed by atoms with Crippen molar-refractivity contribution in [2.75, 3.05) is 0 Å². The fourth-order valence-electron chi connectivity index (χ4n) is 2.48. The van der Waals surface area contributed by atoms with Gasteiger partial charge < -0.3 is 4.74 Å². The molecule has 29 heavy (non-hydrogen) atoms. The summed E-state index contributed by atoms with van der Waals surface area (Å²) in [5.74, 6) is 0.0171. The van der Waals surface area contributed by atoms with E-state index in [2.05, 4.69) is 26.5 Å². The lowest BCUT2D eigenvalue weighted by molar-refractivity contribution is -0.384. The van der Waals surface area contributed by atoms with Gasteiger partial charge in [0, 0.05) is 16.6 Å². The number of ether oxygens (including phenoxy) is 1. The van der Waals surface area contributed by atoms with E-state index in [9.17, 15) is 14.9 Å². The quantitative estimate of drug-likeness (QED) is 0.318. The van der Waals surface area contributed by atoms with Gasteiger partial charge >= 0.3 is 0 Å². The van der Waals surface area contributed by atoms with E-state index in [1.54, 1.807) is 36.4 Å². The third-order valence-corrected chi connectivity index (χ3v) is 4.39. The summed E-state index contributed by atoms with van der Waals surface area (Å²) in [6.07, 6.45) is 1.41. The highest BCUT2D eigenvalue weighted by atomic mass is 79.9.